The lowest BCUT2D eigenvalue weighted by atomic mass is 9.81. The highest BCUT2D eigenvalue weighted by molar-refractivity contribution is 9.10. The van der Waals surface area contributed by atoms with Crippen molar-refractivity contribution in [2.75, 3.05) is 0 Å². The SMILES string of the molecule is Fc1ccc(C(Br)C2CCc3ccccc3C2)cc1Br. The minimum atomic E-state index is -0.206. The maximum Gasteiger partial charge on any atom is 0.137 e. The summed E-state index contributed by atoms with van der Waals surface area (Å²) in [5, 5.41) is 0. The lowest BCUT2D eigenvalue weighted by molar-refractivity contribution is 0.452. The molecule has 0 radical (unpaired) electrons. The van der Waals surface area contributed by atoms with Gasteiger partial charge in [0.05, 0.1) is 4.47 Å². The smallest absolute Gasteiger partial charge is 0.137 e. The van der Waals surface area contributed by atoms with E-state index in [-0.39, 0.29) is 10.6 Å². The van der Waals surface area contributed by atoms with Crippen LogP contribution in [0.15, 0.2) is 46.9 Å². The Balaban J connectivity index is 1.82. The van der Waals surface area contributed by atoms with E-state index in [1.165, 1.54) is 23.6 Å². The Morgan fingerprint density at radius 1 is 1.10 bits per heavy atom. The second kappa shape index (κ2) is 5.98. The van der Waals surface area contributed by atoms with Crippen molar-refractivity contribution in [3.8, 4) is 0 Å². The quantitative estimate of drug-likeness (QED) is 0.559. The van der Waals surface area contributed by atoms with Crippen LogP contribution in [0, 0.1) is 11.7 Å². The molecule has 20 heavy (non-hydrogen) atoms. The van der Waals surface area contributed by atoms with Crippen molar-refractivity contribution in [2.45, 2.75) is 24.1 Å². The van der Waals surface area contributed by atoms with Gasteiger partial charge in [0.25, 0.3) is 0 Å². The van der Waals surface area contributed by atoms with Gasteiger partial charge in [0, 0.05) is 4.83 Å². The van der Waals surface area contributed by atoms with Crippen LogP contribution < -0.4 is 0 Å². The van der Waals surface area contributed by atoms with Crippen LogP contribution in [0.4, 0.5) is 4.39 Å². The fourth-order valence-electron chi connectivity index (χ4n) is 2.93. The molecule has 0 nitrogen and oxygen atoms in total. The third-order valence-electron chi connectivity index (χ3n) is 4.06. The summed E-state index contributed by atoms with van der Waals surface area (Å²) in [7, 11) is 0. The molecule has 0 N–H and O–H groups in total. The first-order chi connectivity index (χ1) is 9.65. The van der Waals surface area contributed by atoms with Crippen LogP contribution in [0.25, 0.3) is 0 Å². The summed E-state index contributed by atoms with van der Waals surface area (Å²) in [5.74, 6) is 0.352. The second-order valence-corrected chi connectivity index (χ2v) is 7.19. The Kier molecular flexibility index (Phi) is 4.27. The highest BCUT2D eigenvalue weighted by Gasteiger charge is 2.25. The maximum atomic E-state index is 13.3. The van der Waals surface area contributed by atoms with Crippen molar-refractivity contribution >= 4 is 31.9 Å². The van der Waals surface area contributed by atoms with E-state index in [1.54, 1.807) is 0 Å². The summed E-state index contributed by atoms with van der Waals surface area (Å²) in [6.07, 6.45) is 3.38. The maximum absolute atomic E-state index is 13.3. The van der Waals surface area contributed by atoms with Gasteiger partial charge in [-0.2, -0.15) is 0 Å². The number of fused-ring (bicyclic) bond motifs is 1. The van der Waals surface area contributed by atoms with Gasteiger partial charge in [-0.15, -0.1) is 0 Å². The number of alkyl halides is 1. The number of benzene rings is 2. The molecule has 2 unspecified atom stereocenters. The number of hydrogen-bond donors (Lipinski definition) is 0. The van der Waals surface area contributed by atoms with Gasteiger partial charge in [-0.05, 0) is 69.9 Å². The van der Waals surface area contributed by atoms with Gasteiger partial charge >= 0.3 is 0 Å². The number of rotatable bonds is 2. The van der Waals surface area contributed by atoms with Crippen molar-refractivity contribution in [3.63, 3.8) is 0 Å². The van der Waals surface area contributed by atoms with Gasteiger partial charge in [0.15, 0.2) is 0 Å². The molecule has 0 saturated heterocycles. The molecule has 2 atom stereocenters. The van der Waals surface area contributed by atoms with Gasteiger partial charge in [0.2, 0.25) is 0 Å². The van der Waals surface area contributed by atoms with Crippen LogP contribution in [0.2, 0.25) is 0 Å². The topological polar surface area (TPSA) is 0 Å². The molecule has 2 aromatic rings. The third-order valence-corrected chi connectivity index (χ3v) is 5.94. The molecule has 0 amide bonds. The predicted molar refractivity (Wildman–Crippen MR) is 87.7 cm³/mol. The summed E-state index contributed by atoms with van der Waals surface area (Å²) in [6, 6.07) is 14.0. The van der Waals surface area contributed by atoms with E-state index in [0.29, 0.717) is 10.4 Å². The molecule has 0 aromatic heterocycles. The molecule has 3 rings (SSSR count). The first kappa shape index (κ1) is 14.3. The first-order valence-electron chi connectivity index (χ1n) is 6.81. The van der Waals surface area contributed by atoms with Crippen molar-refractivity contribution in [1.29, 1.82) is 0 Å². The molecular formula is C17H15Br2F. The molecule has 3 heteroatoms. The van der Waals surface area contributed by atoms with Gasteiger partial charge in [-0.3, -0.25) is 0 Å². The van der Waals surface area contributed by atoms with Crippen LogP contribution in [0.3, 0.4) is 0 Å². The van der Waals surface area contributed by atoms with Crippen molar-refractivity contribution in [2.24, 2.45) is 5.92 Å². The molecule has 0 heterocycles. The highest BCUT2D eigenvalue weighted by Crippen LogP contribution is 2.40. The normalized spacial score (nSPS) is 19.4. The predicted octanol–water partition coefficient (Wildman–Crippen LogP) is 5.83. The third kappa shape index (κ3) is 2.84. The van der Waals surface area contributed by atoms with E-state index in [9.17, 15) is 4.39 Å². The Bertz CT molecular complexity index is 624. The highest BCUT2D eigenvalue weighted by atomic mass is 79.9. The largest absolute Gasteiger partial charge is 0.206 e. The van der Waals surface area contributed by atoms with Gasteiger partial charge in [0.1, 0.15) is 5.82 Å². The molecule has 104 valence electrons. The molecule has 0 saturated carbocycles. The summed E-state index contributed by atoms with van der Waals surface area (Å²) >= 11 is 7.08. The van der Waals surface area contributed by atoms with Crippen LogP contribution in [0.5, 0.6) is 0 Å². The van der Waals surface area contributed by atoms with E-state index in [0.717, 1.165) is 18.4 Å². The molecule has 2 aromatic carbocycles. The van der Waals surface area contributed by atoms with Gasteiger partial charge in [-0.25, -0.2) is 4.39 Å². The zero-order chi connectivity index (χ0) is 14.1. The molecule has 0 spiro atoms. The van der Waals surface area contributed by atoms with Crippen molar-refractivity contribution in [1.82, 2.24) is 0 Å². The number of aryl methyl sites for hydroxylation is 1. The van der Waals surface area contributed by atoms with E-state index in [2.05, 4.69) is 56.1 Å². The fraction of sp³-hybridized carbons (Fsp3) is 0.294. The summed E-state index contributed by atoms with van der Waals surface area (Å²) < 4.78 is 13.9. The lowest BCUT2D eigenvalue weighted by Crippen LogP contribution is -2.18. The molecule has 0 bridgehead atoms. The first-order valence-corrected chi connectivity index (χ1v) is 8.52. The number of halogens is 3. The summed E-state index contributed by atoms with van der Waals surface area (Å²) in [6.45, 7) is 0. The van der Waals surface area contributed by atoms with Crippen molar-refractivity contribution < 1.29 is 4.39 Å². The van der Waals surface area contributed by atoms with Gasteiger partial charge < -0.3 is 0 Å². The summed E-state index contributed by atoms with van der Waals surface area (Å²) in [5.41, 5.74) is 4.07. The minimum absolute atomic E-state index is 0.206. The Hall–Kier alpha value is -0.670. The fourth-order valence-corrected chi connectivity index (χ4v) is 4.06. The van der Waals surface area contributed by atoms with E-state index >= 15 is 0 Å². The molecule has 0 fully saturated rings. The standard InChI is InChI=1S/C17H15Br2F/c18-15-10-14(7-8-16(15)20)17(19)13-6-5-11-3-1-2-4-12(11)9-13/h1-4,7-8,10,13,17H,5-6,9H2. The van der Waals surface area contributed by atoms with E-state index in [4.69, 9.17) is 0 Å². The summed E-state index contributed by atoms with van der Waals surface area (Å²) in [4.78, 5) is 0.271. The minimum Gasteiger partial charge on any atom is -0.206 e. The monoisotopic (exact) mass is 396 g/mol. The zero-order valence-corrected chi connectivity index (χ0v) is 14.1. The molecular weight excluding hydrogens is 383 g/mol. The molecule has 1 aliphatic carbocycles. The van der Waals surface area contributed by atoms with Crippen LogP contribution >= 0.6 is 31.9 Å². The van der Waals surface area contributed by atoms with Crippen molar-refractivity contribution in [3.05, 3.63) is 69.4 Å². The second-order valence-electron chi connectivity index (χ2n) is 5.35. The van der Waals surface area contributed by atoms with Gasteiger partial charge in [-0.1, -0.05) is 46.3 Å². The molecule has 0 aliphatic heterocycles. The average Bonchev–Trinajstić information content (AvgIpc) is 2.49. The van der Waals surface area contributed by atoms with Crippen LogP contribution in [-0.4, -0.2) is 0 Å². The Morgan fingerprint density at radius 2 is 1.85 bits per heavy atom. The number of hydrogen-bond acceptors (Lipinski definition) is 0. The van der Waals surface area contributed by atoms with Crippen LogP contribution in [0.1, 0.15) is 27.9 Å². The average molecular weight is 398 g/mol. The Morgan fingerprint density at radius 3 is 2.60 bits per heavy atom. The zero-order valence-electron chi connectivity index (χ0n) is 11.0. The van der Waals surface area contributed by atoms with Crippen LogP contribution in [-0.2, 0) is 12.8 Å². The molecule has 1 aliphatic rings. The lowest BCUT2D eigenvalue weighted by Gasteiger charge is -2.28. The Labute approximate surface area is 135 Å². The van der Waals surface area contributed by atoms with E-state index in [1.807, 2.05) is 12.1 Å². The van der Waals surface area contributed by atoms with E-state index < -0.39 is 0 Å².